The summed E-state index contributed by atoms with van der Waals surface area (Å²) in [5.41, 5.74) is 0.101. The van der Waals surface area contributed by atoms with Gasteiger partial charge in [0.15, 0.2) is 6.10 Å². The van der Waals surface area contributed by atoms with Gasteiger partial charge in [0.25, 0.3) is 5.91 Å². The van der Waals surface area contributed by atoms with Crippen LogP contribution in [0.3, 0.4) is 0 Å². The highest BCUT2D eigenvalue weighted by Gasteiger charge is 2.30. The van der Waals surface area contributed by atoms with Gasteiger partial charge in [-0.05, 0) is 43.4 Å². The largest absolute Gasteiger partial charge is 0.449 e. The molecule has 4 nitrogen and oxygen atoms in total. The average Bonchev–Trinajstić information content (AvgIpc) is 2.51. The predicted molar refractivity (Wildman–Crippen MR) is 85.4 cm³/mol. The van der Waals surface area contributed by atoms with Crippen LogP contribution in [0.5, 0.6) is 0 Å². The van der Waals surface area contributed by atoms with E-state index in [1.165, 1.54) is 31.5 Å². The number of ether oxygens (including phenoxy) is 1. The number of carbonyl (C=O) groups is 2. The molecule has 0 radical (unpaired) electrons. The third kappa shape index (κ3) is 4.53. The van der Waals surface area contributed by atoms with Gasteiger partial charge < -0.3 is 10.1 Å². The van der Waals surface area contributed by atoms with Crippen molar-refractivity contribution in [1.29, 1.82) is 0 Å². The Bertz CT molecular complexity index is 575. The quantitative estimate of drug-likeness (QED) is 0.866. The molecule has 23 heavy (non-hydrogen) atoms. The minimum atomic E-state index is -0.907. The summed E-state index contributed by atoms with van der Waals surface area (Å²) in [5, 5.41) is 2.98. The van der Waals surface area contributed by atoms with E-state index in [1.54, 1.807) is 0 Å². The molecule has 1 fully saturated rings. The second-order valence-corrected chi connectivity index (χ2v) is 6.44. The molecule has 1 amide bonds. The fourth-order valence-corrected chi connectivity index (χ4v) is 2.98. The Morgan fingerprint density at radius 1 is 1.30 bits per heavy atom. The summed E-state index contributed by atoms with van der Waals surface area (Å²) in [6.45, 7) is 5.86. The van der Waals surface area contributed by atoms with Crippen molar-refractivity contribution in [2.45, 2.75) is 52.2 Å². The lowest BCUT2D eigenvalue weighted by Crippen LogP contribution is -2.47. The van der Waals surface area contributed by atoms with Crippen molar-refractivity contribution >= 4 is 11.9 Å². The molecule has 0 spiro atoms. The minimum Gasteiger partial charge on any atom is -0.449 e. The number of carbonyl (C=O) groups excluding carboxylic acids is 2. The lowest BCUT2D eigenvalue weighted by molar-refractivity contribution is -0.130. The molecular weight excluding hydrogens is 297 g/mol. The van der Waals surface area contributed by atoms with E-state index in [0.29, 0.717) is 11.8 Å². The van der Waals surface area contributed by atoms with Gasteiger partial charge in [0, 0.05) is 6.04 Å². The number of hydrogen-bond donors (Lipinski definition) is 1. The molecule has 0 aliphatic heterocycles. The van der Waals surface area contributed by atoms with Crippen LogP contribution in [0.1, 0.15) is 50.4 Å². The van der Waals surface area contributed by atoms with Gasteiger partial charge in [-0.15, -0.1) is 0 Å². The number of amides is 1. The zero-order valence-electron chi connectivity index (χ0n) is 13.8. The van der Waals surface area contributed by atoms with Gasteiger partial charge in [0.2, 0.25) is 0 Å². The van der Waals surface area contributed by atoms with E-state index in [9.17, 15) is 14.0 Å². The van der Waals surface area contributed by atoms with E-state index in [2.05, 4.69) is 19.2 Å². The normalized spacial score (nSPS) is 25.5. The maximum Gasteiger partial charge on any atom is 0.339 e. The highest BCUT2D eigenvalue weighted by atomic mass is 19.1. The van der Waals surface area contributed by atoms with Crippen molar-refractivity contribution in [2.75, 3.05) is 0 Å². The molecule has 1 aromatic rings. The Balaban J connectivity index is 1.91. The predicted octanol–water partition coefficient (Wildman–Crippen LogP) is 3.31. The summed E-state index contributed by atoms with van der Waals surface area (Å²) < 4.78 is 18.3. The standard InChI is InChI=1S/C18H24FNO3/c1-11-6-4-9-16(12(11)2)20-17(21)13(3)23-18(22)14-7-5-8-15(19)10-14/h5,7-8,10-13,16H,4,6,9H2,1-3H3,(H,20,21)/t11-,12+,13+,16-/m0/s1. The fourth-order valence-electron chi connectivity index (χ4n) is 2.98. The number of benzene rings is 1. The molecule has 1 aromatic carbocycles. The third-order valence-electron chi connectivity index (χ3n) is 4.75. The van der Waals surface area contributed by atoms with Crippen LogP contribution in [0.2, 0.25) is 0 Å². The third-order valence-corrected chi connectivity index (χ3v) is 4.75. The second kappa shape index (κ2) is 7.57. The Morgan fingerprint density at radius 3 is 2.74 bits per heavy atom. The highest BCUT2D eigenvalue weighted by molar-refractivity contribution is 5.92. The van der Waals surface area contributed by atoms with Crippen LogP contribution in [0, 0.1) is 17.7 Å². The van der Waals surface area contributed by atoms with E-state index < -0.39 is 17.9 Å². The van der Waals surface area contributed by atoms with Crippen LogP contribution in [0.15, 0.2) is 24.3 Å². The van der Waals surface area contributed by atoms with Gasteiger partial charge in [-0.1, -0.05) is 32.8 Å². The summed E-state index contributed by atoms with van der Waals surface area (Å²) in [6.07, 6.45) is 2.31. The van der Waals surface area contributed by atoms with Gasteiger partial charge in [-0.3, -0.25) is 4.79 Å². The summed E-state index contributed by atoms with van der Waals surface area (Å²) in [5.74, 6) is -0.544. The van der Waals surface area contributed by atoms with Crippen molar-refractivity contribution in [3.8, 4) is 0 Å². The number of halogens is 1. The van der Waals surface area contributed by atoms with Gasteiger partial charge in [0.05, 0.1) is 5.56 Å². The summed E-state index contributed by atoms with van der Waals surface area (Å²) in [4.78, 5) is 24.2. The Kier molecular flexibility index (Phi) is 5.74. The lowest BCUT2D eigenvalue weighted by atomic mass is 9.78. The zero-order valence-corrected chi connectivity index (χ0v) is 13.8. The molecule has 1 saturated carbocycles. The molecule has 126 valence electrons. The maximum absolute atomic E-state index is 13.1. The molecule has 1 N–H and O–H groups in total. The number of esters is 1. The highest BCUT2D eigenvalue weighted by Crippen LogP contribution is 2.29. The summed E-state index contributed by atoms with van der Waals surface area (Å²) in [6, 6.07) is 5.35. The molecule has 0 heterocycles. The first-order valence-corrected chi connectivity index (χ1v) is 8.15. The van der Waals surface area contributed by atoms with Crippen molar-refractivity contribution in [3.63, 3.8) is 0 Å². The molecule has 4 atom stereocenters. The Hall–Kier alpha value is -1.91. The number of nitrogens with one attached hydrogen (secondary N) is 1. The van der Waals surface area contributed by atoms with Crippen LogP contribution < -0.4 is 5.32 Å². The molecule has 1 aliphatic rings. The van der Waals surface area contributed by atoms with Crippen molar-refractivity contribution in [2.24, 2.45) is 11.8 Å². The molecule has 5 heteroatoms. The molecule has 1 aliphatic carbocycles. The first-order chi connectivity index (χ1) is 10.9. The molecule has 2 rings (SSSR count). The van der Waals surface area contributed by atoms with Gasteiger partial charge >= 0.3 is 5.97 Å². The average molecular weight is 321 g/mol. The fraction of sp³-hybridized carbons (Fsp3) is 0.556. The van der Waals surface area contributed by atoms with E-state index in [0.717, 1.165) is 18.9 Å². The van der Waals surface area contributed by atoms with E-state index in [-0.39, 0.29) is 17.5 Å². The van der Waals surface area contributed by atoms with Crippen LogP contribution in [0.4, 0.5) is 4.39 Å². The van der Waals surface area contributed by atoms with Crippen LogP contribution >= 0.6 is 0 Å². The van der Waals surface area contributed by atoms with Gasteiger partial charge in [0.1, 0.15) is 5.82 Å². The van der Waals surface area contributed by atoms with E-state index in [4.69, 9.17) is 4.74 Å². The molecule has 0 unspecified atom stereocenters. The zero-order chi connectivity index (χ0) is 17.0. The smallest absolute Gasteiger partial charge is 0.339 e. The number of rotatable bonds is 4. The lowest BCUT2D eigenvalue weighted by Gasteiger charge is -2.35. The minimum absolute atomic E-state index is 0.101. The van der Waals surface area contributed by atoms with E-state index >= 15 is 0 Å². The first-order valence-electron chi connectivity index (χ1n) is 8.15. The van der Waals surface area contributed by atoms with Crippen molar-refractivity contribution < 1.29 is 18.7 Å². The second-order valence-electron chi connectivity index (χ2n) is 6.44. The monoisotopic (exact) mass is 321 g/mol. The van der Waals surface area contributed by atoms with Crippen molar-refractivity contribution in [1.82, 2.24) is 5.32 Å². The SMILES string of the molecule is C[C@H]1[C@@H](NC(=O)[C@@H](C)OC(=O)c2cccc(F)c2)CCC[C@@H]1C. The molecular formula is C18H24FNO3. The van der Waals surface area contributed by atoms with Crippen molar-refractivity contribution in [3.05, 3.63) is 35.6 Å². The van der Waals surface area contributed by atoms with Crippen LogP contribution in [-0.2, 0) is 9.53 Å². The maximum atomic E-state index is 13.1. The molecule has 0 bridgehead atoms. The topological polar surface area (TPSA) is 55.4 Å². The number of hydrogen-bond acceptors (Lipinski definition) is 3. The van der Waals surface area contributed by atoms with Crippen LogP contribution in [-0.4, -0.2) is 24.0 Å². The van der Waals surface area contributed by atoms with Crippen LogP contribution in [0.25, 0.3) is 0 Å². The summed E-state index contributed by atoms with van der Waals surface area (Å²) in [7, 11) is 0. The summed E-state index contributed by atoms with van der Waals surface area (Å²) >= 11 is 0. The van der Waals surface area contributed by atoms with Gasteiger partial charge in [-0.25, -0.2) is 9.18 Å². The van der Waals surface area contributed by atoms with Gasteiger partial charge in [-0.2, -0.15) is 0 Å². The molecule has 0 saturated heterocycles. The van der Waals surface area contributed by atoms with E-state index in [1.807, 2.05) is 0 Å². The Morgan fingerprint density at radius 2 is 2.04 bits per heavy atom. The Labute approximate surface area is 136 Å². The molecule has 0 aromatic heterocycles. The first kappa shape index (κ1) is 17.4.